The fourth-order valence-corrected chi connectivity index (χ4v) is 1.62. The third-order valence-corrected chi connectivity index (χ3v) is 2.24. The van der Waals surface area contributed by atoms with Crippen LogP contribution < -0.4 is 10.6 Å². The molecule has 1 aromatic heterocycles. The van der Waals surface area contributed by atoms with Gasteiger partial charge in [0, 0.05) is 26.3 Å². The Morgan fingerprint density at radius 3 is 2.73 bits per heavy atom. The molecule has 0 aromatic carbocycles. The monoisotopic (exact) mass is 209 g/mol. The predicted octanol–water partition coefficient (Wildman–Crippen LogP) is 0.666. The number of likely N-dealkylation sites (N-methyl/N-ethyl adjacent to an activating group) is 1. The highest BCUT2D eigenvalue weighted by Gasteiger charge is 2.08. The minimum Gasteiger partial charge on any atom is -0.392 e. The van der Waals surface area contributed by atoms with Crippen LogP contribution in [0.15, 0.2) is 12.3 Å². The molecule has 1 aromatic rings. The number of anilines is 1. The van der Waals surface area contributed by atoms with Crippen LogP contribution in [0.4, 0.5) is 5.82 Å². The Kier molecular flexibility index (Phi) is 4.05. The highest BCUT2D eigenvalue weighted by atomic mass is 16.3. The molecule has 1 rings (SSSR count). The molecule has 0 amide bonds. The molecular weight excluding hydrogens is 190 g/mol. The van der Waals surface area contributed by atoms with E-state index in [1.54, 1.807) is 13.1 Å². The van der Waals surface area contributed by atoms with Crippen LogP contribution in [0.5, 0.6) is 0 Å². The quantitative estimate of drug-likeness (QED) is 0.765. The highest BCUT2D eigenvalue weighted by Crippen LogP contribution is 2.16. The second-order valence-corrected chi connectivity index (χ2v) is 3.92. The number of nitrogens with two attached hydrogens (primary N) is 1. The number of aryl methyl sites for hydroxylation is 1. The van der Waals surface area contributed by atoms with Crippen LogP contribution in [0.3, 0.4) is 0 Å². The zero-order valence-corrected chi connectivity index (χ0v) is 9.57. The third kappa shape index (κ3) is 3.18. The van der Waals surface area contributed by atoms with E-state index < -0.39 is 0 Å². The Balaban J connectivity index is 2.85. The largest absolute Gasteiger partial charge is 0.392 e. The second kappa shape index (κ2) is 5.09. The zero-order valence-electron chi connectivity index (χ0n) is 9.57. The predicted molar refractivity (Wildman–Crippen MR) is 61.8 cm³/mol. The number of hydrogen-bond acceptors (Lipinski definition) is 4. The molecule has 15 heavy (non-hydrogen) atoms. The van der Waals surface area contributed by atoms with Crippen molar-refractivity contribution in [3.05, 3.63) is 23.4 Å². The highest BCUT2D eigenvalue weighted by molar-refractivity contribution is 5.46. The number of aromatic nitrogens is 1. The van der Waals surface area contributed by atoms with Gasteiger partial charge in [0.25, 0.3) is 0 Å². The van der Waals surface area contributed by atoms with Crippen LogP contribution in [0, 0.1) is 6.92 Å². The summed E-state index contributed by atoms with van der Waals surface area (Å²) in [7, 11) is 1.92. The van der Waals surface area contributed by atoms with Gasteiger partial charge in [-0.05, 0) is 31.0 Å². The van der Waals surface area contributed by atoms with E-state index in [0.29, 0.717) is 13.1 Å². The van der Waals surface area contributed by atoms with Crippen molar-refractivity contribution in [3.8, 4) is 0 Å². The molecule has 0 saturated heterocycles. The van der Waals surface area contributed by atoms with E-state index >= 15 is 0 Å². The lowest BCUT2D eigenvalue weighted by Crippen LogP contribution is -2.28. The van der Waals surface area contributed by atoms with Gasteiger partial charge in [0.2, 0.25) is 0 Å². The maximum absolute atomic E-state index is 9.29. The summed E-state index contributed by atoms with van der Waals surface area (Å²) in [6.45, 7) is 4.85. The van der Waals surface area contributed by atoms with Crippen LogP contribution in [-0.4, -0.2) is 29.8 Å². The van der Waals surface area contributed by atoms with Crippen LogP contribution in [0.25, 0.3) is 0 Å². The molecule has 1 unspecified atom stereocenters. The van der Waals surface area contributed by atoms with Crippen LogP contribution in [0.2, 0.25) is 0 Å². The number of aliphatic hydroxyl groups excluding tert-OH is 1. The van der Waals surface area contributed by atoms with Gasteiger partial charge in [-0.3, -0.25) is 0 Å². The molecule has 0 saturated carbocycles. The molecule has 3 N–H and O–H groups in total. The standard InChI is InChI=1S/C11H19N3O/c1-8-4-10(5-12)6-13-11(8)14(3)7-9(2)15/h4,6,9,15H,5,7,12H2,1-3H3. The van der Waals surface area contributed by atoms with E-state index in [-0.39, 0.29) is 6.10 Å². The Morgan fingerprint density at radius 2 is 2.27 bits per heavy atom. The lowest BCUT2D eigenvalue weighted by Gasteiger charge is -2.21. The van der Waals surface area contributed by atoms with E-state index in [9.17, 15) is 5.11 Å². The molecule has 0 aliphatic carbocycles. The molecule has 0 fully saturated rings. The minimum atomic E-state index is -0.356. The molecule has 0 aliphatic rings. The minimum absolute atomic E-state index is 0.356. The molecule has 1 atom stereocenters. The summed E-state index contributed by atoms with van der Waals surface area (Å²) in [6, 6.07) is 2.03. The topological polar surface area (TPSA) is 62.4 Å². The van der Waals surface area contributed by atoms with Crippen molar-refractivity contribution in [2.75, 3.05) is 18.5 Å². The van der Waals surface area contributed by atoms with Gasteiger partial charge in [0.05, 0.1) is 6.10 Å². The Hall–Kier alpha value is -1.13. The lowest BCUT2D eigenvalue weighted by atomic mass is 10.2. The maximum Gasteiger partial charge on any atom is 0.131 e. The van der Waals surface area contributed by atoms with Gasteiger partial charge in [-0.1, -0.05) is 0 Å². The molecule has 1 heterocycles. The fourth-order valence-electron chi connectivity index (χ4n) is 1.62. The van der Waals surface area contributed by atoms with Gasteiger partial charge in [0.1, 0.15) is 5.82 Å². The molecule has 84 valence electrons. The van der Waals surface area contributed by atoms with Crippen molar-refractivity contribution in [1.82, 2.24) is 4.98 Å². The van der Waals surface area contributed by atoms with Crippen LogP contribution >= 0.6 is 0 Å². The van der Waals surface area contributed by atoms with Gasteiger partial charge in [-0.2, -0.15) is 0 Å². The first kappa shape index (κ1) is 11.9. The van der Waals surface area contributed by atoms with E-state index in [4.69, 9.17) is 5.73 Å². The van der Waals surface area contributed by atoms with Gasteiger partial charge in [-0.15, -0.1) is 0 Å². The molecule has 0 spiro atoms. The maximum atomic E-state index is 9.29. The van der Waals surface area contributed by atoms with Gasteiger partial charge in [-0.25, -0.2) is 4.98 Å². The average molecular weight is 209 g/mol. The first-order valence-corrected chi connectivity index (χ1v) is 5.09. The summed E-state index contributed by atoms with van der Waals surface area (Å²) in [4.78, 5) is 6.28. The average Bonchev–Trinajstić information content (AvgIpc) is 2.16. The summed E-state index contributed by atoms with van der Waals surface area (Å²) in [5, 5.41) is 9.29. The number of rotatable bonds is 4. The second-order valence-electron chi connectivity index (χ2n) is 3.92. The number of pyridine rings is 1. The Labute approximate surface area is 90.7 Å². The molecule has 0 radical (unpaired) electrons. The summed E-state index contributed by atoms with van der Waals surface area (Å²) >= 11 is 0. The van der Waals surface area contributed by atoms with E-state index in [1.807, 2.05) is 24.9 Å². The van der Waals surface area contributed by atoms with Crippen molar-refractivity contribution in [1.29, 1.82) is 0 Å². The Morgan fingerprint density at radius 1 is 1.60 bits per heavy atom. The molecule has 0 bridgehead atoms. The molecule has 4 nitrogen and oxygen atoms in total. The molecular formula is C11H19N3O. The van der Waals surface area contributed by atoms with E-state index in [2.05, 4.69) is 4.98 Å². The third-order valence-electron chi connectivity index (χ3n) is 2.24. The zero-order chi connectivity index (χ0) is 11.4. The van der Waals surface area contributed by atoms with Crippen molar-refractivity contribution in [3.63, 3.8) is 0 Å². The lowest BCUT2D eigenvalue weighted by molar-refractivity contribution is 0.201. The van der Waals surface area contributed by atoms with Gasteiger partial charge < -0.3 is 15.7 Å². The normalized spacial score (nSPS) is 12.6. The van der Waals surface area contributed by atoms with Crippen molar-refractivity contribution < 1.29 is 5.11 Å². The Bertz CT molecular complexity index is 326. The number of aliphatic hydroxyl groups is 1. The van der Waals surface area contributed by atoms with Crippen LogP contribution in [0.1, 0.15) is 18.1 Å². The summed E-state index contributed by atoms with van der Waals surface area (Å²) in [6.07, 6.45) is 1.42. The first-order valence-electron chi connectivity index (χ1n) is 5.09. The fraction of sp³-hybridized carbons (Fsp3) is 0.545. The molecule has 0 aliphatic heterocycles. The van der Waals surface area contributed by atoms with Crippen LogP contribution in [-0.2, 0) is 6.54 Å². The first-order chi connectivity index (χ1) is 7.04. The number of nitrogens with zero attached hydrogens (tertiary/aromatic N) is 2. The summed E-state index contributed by atoms with van der Waals surface area (Å²) in [5.74, 6) is 0.896. The van der Waals surface area contributed by atoms with E-state index in [0.717, 1.165) is 16.9 Å². The smallest absolute Gasteiger partial charge is 0.131 e. The summed E-state index contributed by atoms with van der Waals surface area (Å²) < 4.78 is 0. The molecule has 4 heteroatoms. The van der Waals surface area contributed by atoms with Crippen molar-refractivity contribution in [2.24, 2.45) is 5.73 Å². The van der Waals surface area contributed by atoms with Crippen molar-refractivity contribution >= 4 is 5.82 Å². The summed E-state index contributed by atoms with van der Waals surface area (Å²) in [5.41, 5.74) is 7.65. The van der Waals surface area contributed by atoms with Gasteiger partial charge >= 0.3 is 0 Å². The SMILES string of the molecule is Cc1cc(CN)cnc1N(C)CC(C)O. The number of hydrogen-bond donors (Lipinski definition) is 2. The van der Waals surface area contributed by atoms with Gasteiger partial charge in [0.15, 0.2) is 0 Å². The van der Waals surface area contributed by atoms with E-state index in [1.165, 1.54) is 0 Å². The van der Waals surface area contributed by atoms with Crippen molar-refractivity contribution in [2.45, 2.75) is 26.5 Å².